The van der Waals surface area contributed by atoms with E-state index in [1.165, 1.54) is 0 Å². The van der Waals surface area contributed by atoms with Crippen LogP contribution in [-0.2, 0) is 4.79 Å². The molecule has 1 aromatic rings. The quantitative estimate of drug-likeness (QED) is 0.753. The molecule has 1 amide bonds. The third-order valence-electron chi connectivity index (χ3n) is 2.12. The molecule has 1 atom stereocenters. The maximum atomic E-state index is 11.4. The highest BCUT2D eigenvalue weighted by molar-refractivity contribution is 5.78. The predicted octanol–water partition coefficient (Wildman–Crippen LogP) is 0.868. The average Bonchev–Trinajstić information content (AvgIpc) is 2.27. The fourth-order valence-corrected chi connectivity index (χ4v) is 1.27. The lowest BCUT2D eigenvalue weighted by atomic mass is 10.1. The van der Waals surface area contributed by atoms with Crippen LogP contribution in [0.5, 0.6) is 0 Å². The van der Waals surface area contributed by atoms with Gasteiger partial charge in [0.25, 0.3) is 0 Å². The maximum absolute atomic E-state index is 11.4. The zero-order chi connectivity index (χ0) is 11.1. The summed E-state index contributed by atoms with van der Waals surface area (Å²) in [6.07, 6.45) is 3.45. The van der Waals surface area contributed by atoms with Crippen molar-refractivity contribution >= 4 is 5.91 Å². The van der Waals surface area contributed by atoms with Crippen molar-refractivity contribution in [1.29, 1.82) is 0 Å². The van der Waals surface area contributed by atoms with E-state index < -0.39 is 0 Å². The first-order valence-corrected chi connectivity index (χ1v) is 5.14. The minimum absolute atomic E-state index is 0.0150. The summed E-state index contributed by atoms with van der Waals surface area (Å²) in [7, 11) is 0. The Bertz CT molecular complexity index is 300. The number of carbonyl (C=O) groups excluding carboxylic acids is 1. The van der Waals surface area contributed by atoms with Gasteiger partial charge in [-0.25, -0.2) is 0 Å². The topological polar surface area (TPSA) is 54.0 Å². The van der Waals surface area contributed by atoms with Crippen molar-refractivity contribution in [2.24, 2.45) is 0 Å². The average molecular weight is 207 g/mol. The zero-order valence-electron chi connectivity index (χ0n) is 9.16. The summed E-state index contributed by atoms with van der Waals surface area (Å²) in [6.45, 7) is 5.10. The van der Waals surface area contributed by atoms with E-state index in [1.807, 2.05) is 26.0 Å². The number of pyridine rings is 1. The van der Waals surface area contributed by atoms with E-state index in [-0.39, 0.29) is 11.9 Å². The fraction of sp³-hybridized carbons (Fsp3) is 0.455. The van der Waals surface area contributed by atoms with E-state index in [0.29, 0.717) is 6.54 Å². The molecule has 4 heteroatoms. The molecule has 1 unspecified atom stereocenters. The zero-order valence-corrected chi connectivity index (χ0v) is 9.16. The molecule has 1 aromatic heterocycles. The molecule has 1 rings (SSSR count). The van der Waals surface area contributed by atoms with Crippen LogP contribution in [0.25, 0.3) is 0 Å². The summed E-state index contributed by atoms with van der Waals surface area (Å²) in [6, 6.07) is 3.83. The highest BCUT2D eigenvalue weighted by atomic mass is 16.1. The Kier molecular flexibility index (Phi) is 4.77. The van der Waals surface area contributed by atoms with Crippen molar-refractivity contribution in [3.8, 4) is 0 Å². The first-order chi connectivity index (χ1) is 7.24. The van der Waals surface area contributed by atoms with Crippen LogP contribution in [0.2, 0.25) is 0 Å². The number of nitrogens with one attached hydrogen (secondary N) is 2. The Balaban J connectivity index is 2.42. The van der Waals surface area contributed by atoms with Gasteiger partial charge in [0, 0.05) is 12.4 Å². The molecule has 15 heavy (non-hydrogen) atoms. The molecule has 0 bridgehead atoms. The standard InChI is InChI=1S/C11H17N3O/c1-3-12-8-11(15)14-9(2)10-4-6-13-7-5-10/h4-7,9,12H,3,8H2,1-2H3,(H,14,15). The Labute approximate surface area is 90.1 Å². The molecular weight excluding hydrogens is 190 g/mol. The van der Waals surface area contributed by atoms with Crippen molar-refractivity contribution < 1.29 is 4.79 Å². The maximum Gasteiger partial charge on any atom is 0.234 e. The van der Waals surface area contributed by atoms with Gasteiger partial charge in [-0.1, -0.05) is 6.92 Å². The lowest BCUT2D eigenvalue weighted by Crippen LogP contribution is -2.35. The summed E-state index contributed by atoms with van der Waals surface area (Å²) in [4.78, 5) is 15.3. The largest absolute Gasteiger partial charge is 0.348 e. The number of rotatable bonds is 5. The summed E-state index contributed by atoms with van der Waals surface area (Å²) >= 11 is 0. The number of hydrogen-bond donors (Lipinski definition) is 2. The smallest absolute Gasteiger partial charge is 0.234 e. The molecular formula is C11H17N3O. The third kappa shape index (κ3) is 4.08. The van der Waals surface area contributed by atoms with Crippen LogP contribution in [0.15, 0.2) is 24.5 Å². The van der Waals surface area contributed by atoms with E-state index in [0.717, 1.165) is 12.1 Å². The lowest BCUT2D eigenvalue weighted by molar-refractivity contribution is -0.120. The number of likely N-dealkylation sites (N-methyl/N-ethyl adjacent to an activating group) is 1. The predicted molar refractivity (Wildman–Crippen MR) is 59.3 cm³/mol. The number of amides is 1. The van der Waals surface area contributed by atoms with Crippen molar-refractivity contribution in [3.63, 3.8) is 0 Å². The highest BCUT2D eigenvalue weighted by Gasteiger charge is 2.07. The summed E-state index contributed by atoms with van der Waals surface area (Å²) in [5.41, 5.74) is 1.06. The van der Waals surface area contributed by atoms with Gasteiger partial charge in [0.05, 0.1) is 12.6 Å². The Morgan fingerprint density at radius 1 is 1.47 bits per heavy atom. The Hall–Kier alpha value is -1.42. The summed E-state index contributed by atoms with van der Waals surface area (Å²) in [5.74, 6) is 0.0150. The van der Waals surface area contributed by atoms with Crippen LogP contribution >= 0.6 is 0 Å². The van der Waals surface area contributed by atoms with Gasteiger partial charge < -0.3 is 10.6 Å². The van der Waals surface area contributed by atoms with Gasteiger partial charge >= 0.3 is 0 Å². The molecule has 0 aliphatic carbocycles. The van der Waals surface area contributed by atoms with Gasteiger partial charge in [0.15, 0.2) is 0 Å². The molecule has 1 heterocycles. The molecule has 0 fully saturated rings. The second kappa shape index (κ2) is 6.14. The summed E-state index contributed by atoms with van der Waals surface area (Å²) < 4.78 is 0. The van der Waals surface area contributed by atoms with Gasteiger partial charge in [0.1, 0.15) is 0 Å². The first kappa shape index (κ1) is 11.7. The third-order valence-corrected chi connectivity index (χ3v) is 2.12. The summed E-state index contributed by atoms with van der Waals surface area (Å²) in [5, 5.41) is 5.88. The molecule has 0 saturated heterocycles. The number of hydrogen-bond acceptors (Lipinski definition) is 3. The number of nitrogens with zero attached hydrogens (tertiary/aromatic N) is 1. The van der Waals surface area contributed by atoms with Crippen LogP contribution < -0.4 is 10.6 Å². The molecule has 4 nitrogen and oxygen atoms in total. The Morgan fingerprint density at radius 3 is 2.73 bits per heavy atom. The van der Waals surface area contributed by atoms with Crippen molar-refractivity contribution in [1.82, 2.24) is 15.6 Å². The minimum Gasteiger partial charge on any atom is -0.348 e. The normalized spacial score (nSPS) is 12.1. The molecule has 2 N–H and O–H groups in total. The molecule has 0 saturated carbocycles. The highest BCUT2D eigenvalue weighted by Crippen LogP contribution is 2.09. The second-order valence-corrected chi connectivity index (χ2v) is 3.35. The molecule has 0 radical (unpaired) electrons. The minimum atomic E-state index is 0.0150. The second-order valence-electron chi connectivity index (χ2n) is 3.35. The van der Waals surface area contributed by atoms with Crippen LogP contribution in [0.1, 0.15) is 25.5 Å². The molecule has 82 valence electrons. The Morgan fingerprint density at radius 2 is 2.13 bits per heavy atom. The monoisotopic (exact) mass is 207 g/mol. The first-order valence-electron chi connectivity index (χ1n) is 5.14. The van der Waals surface area contributed by atoms with Crippen molar-refractivity contribution in [3.05, 3.63) is 30.1 Å². The van der Waals surface area contributed by atoms with Gasteiger partial charge in [-0.15, -0.1) is 0 Å². The van der Waals surface area contributed by atoms with Crippen LogP contribution in [-0.4, -0.2) is 24.0 Å². The molecule has 0 aliphatic rings. The van der Waals surface area contributed by atoms with Crippen molar-refractivity contribution in [2.45, 2.75) is 19.9 Å². The van der Waals surface area contributed by atoms with Gasteiger partial charge in [-0.2, -0.15) is 0 Å². The van der Waals surface area contributed by atoms with E-state index in [2.05, 4.69) is 15.6 Å². The van der Waals surface area contributed by atoms with Crippen LogP contribution in [0, 0.1) is 0 Å². The van der Waals surface area contributed by atoms with Crippen molar-refractivity contribution in [2.75, 3.05) is 13.1 Å². The van der Waals surface area contributed by atoms with Gasteiger partial charge in [-0.3, -0.25) is 9.78 Å². The van der Waals surface area contributed by atoms with Gasteiger partial charge in [-0.05, 0) is 31.2 Å². The molecule has 0 aliphatic heterocycles. The SMILES string of the molecule is CCNCC(=O)NC(C)c1ccncc1. The van der Waals surface area contributed by atoms with Crippen LogP contribution in [0.4, 0.5) is 0 Å². The van der Waals surface area contributed by atoms with E-state index in [1.54, 1.807) is 12.4 Å². The van der Waals surface area contributed by atoms with E-state index in [4.69, 9.17) is 0 Å². The van der Waals surface area contributed by atoms with E-state index >= 15 is 0 Å². The number of carbonyl (C=O) groups is 1. The lowest BCUT2D eigenvalue weighted by Gasteiger charge is -2.13. The van der Waals surface area contributed by atoms with Crippen LogP contribution in [0.3, 0.4) is 0 Å². The fourth-order valence-electron chi connectivity index (χ4n) is 1.27. The van der Waals surface area contributed by atoms with Gasteiger partial charge in [0.2, 0.25) is 5.91 Å². The van der Waals surface area contributed by atoms with E-state index in [9.17, 15) is 4.79 Å². The number of aromatic nitrogens is 1. The molecule has 0 spiro atoms. The molecule has 0 aromatic carbocycles.